The molecule has 1 aromatic carbocycles. The molecule has 1 unspecified atom stereocenters. The highest BCUT2D eigenvalue weighted by molar-refractivity contribution is 14.1. The van der Waals surface area contributed by atoms with Gasteiger partial charge in [0.05, 0.1) is 0 Å². The molecule has 0 aliphatic heterocycles. The number of aromatic nitrogens is 1. The van der Waals surface area contributed by atoms with Gasteiger partial charge in [-0.3, -0.25) is 4.98 Å². The lowest BCUT2D eigenvalue weighted by atomic mass is 10.0. The Labute approximate surface area is 115 Å². The Kier molecular flexibility index (Phi) is 4.12. The maximum atomic E-state index is 6.22. The number of hydrogen-bond acceptors (Lipinski definition) is 2. The molecule has 88 valence electrons. The van der Waals surface area contributed by atoms with Gasteiger partial charge < -0.3 is 5.73 Å². The van der Waals surface area contributed by atoms with Crippen molar-refractivity contribution in [2.75, 3.05) is 0 Å². The molecule has 1 heterocycles. The number of aryl methyl sites for hydroxylation is 1. The molecule has 0 saturated heterocycles. The van der Waals surface area contributed by atoms with E-state index in [4.69, 9.17) is 5.73 Å². The van der Waals surface area contributed by atoms with Crippen LogP contribution in [0.5, 0.6) is 0 Å². The van der Waals surface area contributed by atoms with Crippen molar-refractivity contribution < 1.29 is 0 Å². The van der Waals surface area contributed by atoms with Gasteiger partial charge in [0.15, 0.2) is 0 Å². The number of benzene rings is 1. The Hall–Kier alpha value is -0.940. The van der Waals surface area contributed by atoms with Crippen LogP contribution in [-0.4, -0.2) is 4.98 Å². The van der Waals surface area contributed by atoms with Crippen LogP contribution in [0.2, 0.25) is 0 Å². The van der Waals surface area contributed by atoms with Crippen LogP contribution >= 0.6 is 22.6 Å². The fourth-order valence-corrected chi connectivity index (χ4v) is 2.36. The van der Waals surface area contributed by atoms with E-state index in [0.717, 1.165) is 12.1 Å². The third-order valence-corrected chi connectivity index (χ3v) is 3.48. The molecular weight excluding hydrogens is 323 g/mol. The first-order chi connectivity index (χ1) is 8.16. The van der Waals surface area contributed by atoms with E-state index in [1.54, 1.807) is 0 Å². The Balaban J connectivity index is 2.17. The summed E-state index contributed by atoms with van der Waals surface area (Å²) >= 11 is 2.31. The SMILES string of the molecule is Cc1cccnc1CC(N)c1cccc(I)c1. The van der Waals surface area contributed by atoms with E-state index >= 15 is 0 Å². The molecule has 1 aromatic heterocycles. The summed E-state index contributed by atoms with van der Waals surface area (Å²) in [4.78, 5) is 4.38. The highest BCUT2D eigenvalue weighted by Crippen LogP contribution is 2.18. The second kappa shape index (κ2) is 5.60. The van der Waals surface area contributed by atoms with E-state index in [2.05, 4.69) is 58.8 Å². The van der Waals surface area contributed by atoms with E-state index < -0.39 is 0 Å². The molecule has 17 heavy (non-hydrogen) atoms. The number of hydrogen-bond donors (Lipinski definition) is 1. The molecule has 1 atom stereocenters. The number of rotatable bonds is 3. The first-order valence-electron chi connectivity index (χ1n) is 5.58. The Morgan fingerprint density at radius 2 is 2.12 bits per heavy atom. The van der Waals surface area contributed by atoms with Crippen LogP contribution in [0.25, 0.3) is 0 Å². The lowest BCUT2D eigenvalue weighted by Crippen LogP contribution is -2.14. The minimum atomic E-state index is 0.0123. The molecule has 2 N–H and O–H groups in total. The zero-order valence-corrected chi connectivity index (χ0v) is 11.9. The molecule has 0 aliphatic rings. The summed E-state index contributed by atoms with van der Waals surface area (Å²) in [6.07, 6.45) is 2.61. The number of halogens is 1. The summed E-state index contributed by atoms with van der Waals surface area (Å²) in [6, 6.07) is 12.4. The fraction of sp³-hybridized carbons (Fsp3) is 0.214. The molecule has 3 heteroatoms. The smallest absolute Gasteiger partial charge is 0.0451 e. The highest BCUT2D eigenvalue weighted by atomic mass is 127. The normalized spacial score (nSPS) is 12.4. The molecular formula is C14H15IN2. The van der Waals surface area contributed by atoms with Crippen molar-refractivity contribution in [3.63, 3.8) is 0 Å². The van der Waals surface area contributed by atoms with E-state index in [1.165, 1.54) is 14.7 Å². The van der Waals surface area contributed by atoms with Crippen LogP contribution in [-0.2, 0) is 6.42 Å². The second-order valence-corrected chi connectivity index (χ2v) is 5.38. The molecule has 0 fully saturated rings. The van der Waals surface area contributed by atoms with Crippen molar-refractivity contribution in [2.45, 2.75) is 19.4 Å². The molecule has 2 nitrogen and oxygen atoms in total. The molecule has 0 bridgehead atoms. The zero-order valence-electron chi connectivity index (χ0n) is 9.73. The summed E-state index contributed by atoms with van der Waals surface area (Å²) in [5.74, 6) is 0. The van der Waals surface area contributed by atoms with Crippen molar-refractivity contribution >= 4 is 22.6 Å². The van der Waals surface area contributed by atoms with E-state index in [1.807, 2.05) is 18.3 Å². The van der Waals surface area contributed by atoms with Crippen LogP contribution in [0.15, 0.2) is 42.6 Å². The molecule has 2 rings (SSSR count). The Morgan fingerprint density at radius 1 is 1.29 bits per heavy atom. The quantitative estimate of drug-likeness (QED) is 0.873. The largest absolute Gasteiger partial charge is 0.324 e. The summed E-state index contributed by atoms with van der Waals surface area (Å²) in [6.45, 7) is 2.07. The fourth-order valence-electron chi connectivity index (χ4n) is 1.80. The van der Waals surface area contributed by atoms with Crippen LogP contribution in [0, 0.1) is 10.5 Å². The van der Waals surface area contributed by atoms with E-state index in [0.29, 0.717) is 0 Å². The average Bonchev–Trinajstić information content (AvgIpc) is 2.32. The van der Waals surface area contributed by atoms with Crippen molar-refractivity contribution in [2.24, 2.45) is 5.73 Å². The second-order valence-electron chi connectivity index (χ2n) is 4.13. The van der Waals surface area contributed by atoms with Crippen LogP contribution in [0.4, 0.5) is 0 Å². The van der Waals surface area contributed by atoms with Gasteiger partial charge in [0.1, 0.15) is 0 Å². The lowest BCUT2D eigenvalue weighted by molar-refractivity contribution is 0.702. The summed E-state index contributed by atoms with van der Waals surface area (Å²) in [5, 5.41) is 0. The molecule has 0 saturated carbocycles. The predicted octanol–water partition coefficient (Wildman–Crippen LogP) is 3.24. The van der Waals surface area contributed by atoms with Gasteiger partial charge in [0.2, 0.25) is 0 Å². The highest BCUT2D eigenvalue weighted by Gasteiger charge is 2.09. The van der Waals surface area contributed by atoms with E-state index in [9.17, 15) is 0 Å². The number of pyridine rings is 1. The van der Waals surface area contributed by atoms with Crippen molar-refractivity contribution in [1.29, 1.82) is 0 Å². The average molecular weight is 338 g/mol. The minimum absolute atomic E-state index is 0.0123. The first-order valence-corrected chi connectivity index (χ1v) is 6.66. The van der Waals surface area contributed by atoms with Gasteiger partial charge in [-0.1, -0.05) is 18.2 Å². The standard InChI is InChI=1S/C14H15IN2/c1-10-4-3-7-17-14(10)9-13(16)11-5-2-6-12(15)8-11/h2-8,13H,9,16H2,1H3. The lowest BCUT2D eigenvalue weighted by Gasteiger charge is -2.13. The van der Waals surface area contributed by atoms with Crippen LogP contribution in [0.1, 0.15) is 22.9 Å². The third-order valence-electron chi connectivity index (χ3n) is 2.81. The van der Waals surface area contributed by atoms with Gasteiger partial charge in [0.25, 0.3) is 0 Å². The zero-order chi connectivity index (χ0) is 12.3. The van der Waals surface area contributed by atoms with Crippen molar-refractivity contribution in [1.82, 2.24) is 4.98 Å². The van der Waals surface area contributed by atoms with Gasteiger partial charge in [0, 0.05) is 27.9 Å². The molecule has 2 aromatic rings. The summed E-state index contributed by atoms with van der Waals surface area (Å²) in [7, 11) is 0. The molecule has 0 amide bonds. The predicted molar refractivity (Wildman–Crippen MR) is 78.8 cm³/mol. The monoisotopic (exact) mass is 338 g/mol. The topological polar surface area (TPSA) is 38.9 Å². The third kappa shape index (κ3) is 3.26. The van der Waals surface area contributed by atoms with Gasteiger partial charge in [-0.2, -0.15) is 0 Å². The number of nitrogens with zero attached hydrogens (tertiary/aromatic N) is 1. The van der Waals surface area contributed by atoms with Crippen molar-refractivity contribution in [3.05, 3.63) is 63.0 Å². The van der Waals surface area contributed by atoms with Crippen LogP contribution < -0.4 is 5.73 Å². The van der Waals surface area contributed by atoms with Gasteiger partial charge in [-0.05, 0) is 58.8 Å². The van der Waals surface area contributed by atoms with Gasteiger partial charge >= 0.3 is 0 Å². The van der Waals surface area contributed by atoms with Crippen LogP contribution in [0.3, 0.4) is 0 Å². The molecule has 0 radical (unpaired) electrons. The Bertz CT molecular complexity index is 511. The first kappa shape index (κ1) is 12.5. The maximum Gasteiger partial charge on any atom is 0.0451 e. The Morgan fingerprint density at radius 3 is 2.82 bits per heavy atom. The van der Waals surface area contributed by atoms with E-state index in [-0.39, 0.29) is 6.04 Å². The molecule has 0 spiro atoms. The number of nitrogens with two attached hydrogens (primary N) is 1. The minimum Gasteiger partial charge on any atom is -0.324 e. The molecule has 0 aliphatic carbocycles. The maximum absolute atomic E-state index is 6.22. The summed E-state index contributed by atoms with van der Waals surface area (Å²) < 4.78 is 1.22. The van der Waals surface area contributed by atoms with Crippen molar-refractivity contribution in [3.8, 4) is 0 Å². The van der Waals surface area contributed by atoms with Gasteiger partial charge in [-0.15, -0.1) is 0 Å². The van der Waals surface area contributed by atoms with Gasteiger partial charge in [-0.25, -0.2) is 0 Å². The summed E-state index contributed by atoms with van der Waals surface area (Å²) in [5.41, 5.74) is 9.67.